The van der Waals surface area contributed by atoms with Crippen molar-refractivity contribution in [2.45, 2.75) is 45.7 Å². The van der Waals surface area contributed by atoms with E-state index in [1.807, 2.05) is 13.0 Å². The van der Waals surface area contributed by atoms with Crippen LogP contribution >= 0.6 is 0 Å². The first-order valence-corrected chi connectivity index (χ1v) is 7.33. The summed E-state index contributed by atoms with van der Waals surface area (Å²) in [6, 6.07) is 0.564. The average molecular weight is 262 g/mol. The van der Waals surface area contributed by atoms with Crippen LogP contribution in [0.3, 0.4) is 0 Å². The first kappa shape index (κ1) is 14.1. The van der Waals surface area contributed by atoms with Crippen molar-refractivity contribution in [1.29, 1.82) is 0 Å². The molecule has 0 spiro atoms. The number of allylic oxidation sites excluding steroid dienone is 1. The van der Waals surface area contributed by atoms with Gasteiger partial charge in [-0.2, -0.15) is 0 Å². The molecule has 1 N–H and O–H groups in total. The smallest absolute Gasteiger partial charge is 0.203 e. The fourth-order valence-electron chi connectivity index (χ4n) is 2.69. The molecule has 19 heavy (non-hydrogen) atoms. The van der Waals surface area contributed by atoms with E-state index in [4.69, 9.17) is 0 Å². The Morgan fingerprint density at radius 3 is 2.84 bits per heavy atom. The molecule has 1 atom stereocenters. The number of anilines is 1. The molecular weight excluding hydrogens is 236 g/mol. The summed E-state index contributed by atoms with van der Waals surface area (Å²) in [5.41, 5.74) is 1.05. The molecule has 2 rings (SSSR count). The molecule has 106 valence electrons. The Balaban J connectivity index is 1.88. The number of nitrogens with zero attached hydrogens (tertiary/aromatic N) is 3. The highest BCUT2D eigenvalue weighted by Gasteiger charge is 2.16. The summed E-state index contributed by atoms with van der Waals surface area (Å²) in [6.45, 7) is 12.4. The van der Waals surface area contributed by atoms with Crippen molar-refractivity contribution in [2.24, 2.45) is 0 Å². The van der Waals surface area contributed by atoms with Crippen molar-refractivity contribution in [1.82, 2.24) is 14.5 Å². The third-order valence-corrected chi connectivity index (χ3v) is 3.79. The highest BCUT2D eigenvalue weighted by atomic mass is 15.2. The van der Waals surface area contributed by atoms with Gasteiger partial charge < -0.3 is 9.88 Å². The second-order valence-electron chi connectivity index (χ2n) is 5.47. The minimum absolute atomic E-state index is 0.564. The maximum absolute atomic E-state index is 4.53. The van der Waals surface area contributed by atoms with Crippen LogP contribution in [0.25, 0.3) is 0 Å². The molecule has 0 aliphatic carbocycles. The van der Waals surface area contributed by atoms with Crippen LogP contribution in [0.2, 0.25) is 0 Å². The van der Waals surface area contributed by atoms with Crippen LogP contribution in [-0.2, 0) is 6.54 Å². The summed E-state index contributed by atoms with van der Waals surface area (Å²) in [6.07, 6.45) is 8.04. The molecule has 1 aromatic rings. The number of likely N-dealkylation sites (tertiary alicyclic amines) is 1. The maximum Gasteiger partial charge on any atom is 0.203 e. The lowest BCUT2D eigenvalue weighted by Crippen LogP contribution is -2.41. The van der Waals surface area contributed by atoms with Gasteiger partial charge in [0.05, 0.1) is 5.69 Å². The maximum atomic E-state index is 4.53. The van der Waals surface area contributed by atoms with E-state index in [9.17, 15) is 0 Å². The predicted octanol–water partition coefficient (Wildman–Crippen LogP) is 2.66. The van der Waals surface area contributed by atoms with Gasteiger partial charge in [0.1, 0.15) is 0 Å². The van der Waals surface area contributed by atoms with E-state index in [1.54, 1.807) is 0 Å². The minimum atomic E-state index is 0.564. The van der Waals surface area contributed by atoms with Gasteiger partial charge in [0, 0.05) is 25.3 Å². The molecule has 4 heteroatoms. The largest absolute Gasteiger partial charge is 0.354 e. The van der Waals surface area contributed by atoms with Crippen LogP contribution in [0.5, 0.6) is 0 Å². The molecule has 1 fully saturated rings. The molecule has 0 saturated carbocycles. The Morgan fingerprint density at radius 2 is 2.16 bits per heavy atom. The average Bonchev–Trinajstić information content (AvgIpc) is 2.78. The number of aromatic nitrogens is 2. The normalized spacial score (nSPS) is 18.2. The molecule has 1 unspecified atom stereocenters. The lowest BCUT2D eigenvalue weighted by atomic mass is 10.1. The summed E-state index contributed by atoms with van der Waals surface area (Å²) in [4.78, 5) is 7.11. The Kier molecular flexibility index (Phi) is 5.02. The molecule has 0 radical (unpaired) electrons. The van der Waals surface area contributed by atoms with E-state index in [1.165, 1.54) is 32.4 Å². The summed E-state index contributed by atoms with van der Waals surface area (Å²) in [5.74, 6) is 0.959. The summed E-state index contributed by atoms with van der Waals surface area (Å²) in [7, 11) is 0. The summed E-state index contributed by atoms with van der Waals surface area (Å²) < 4.78 is 2.12. The Morgan fingerprint density at radius 1 is 1.42 bits per heavy atom. The second-order valence-corrected chi connectivity index (χ2v) is 5.47. The highest BCUT2D eigenvalue weighted by molar-refractivity contribution is 5.29. The van der Waals surface area contributed by atoms with Crippen molar-refractivity contribution in [3.63, 3.8) is 0 Å². The van der Waals surface area contributed by atoms with Gasteiger partial charge in [0.15, 0.2) is 0 Å². The van der Waals surface area contributed by atoms with Gasteiger partial charge in [-0.1, -0.05) is 12.5 Å². The van der Waals surface area contributed by atoms with E-state index >= 15 is 0 Å². The fourth-order valence-corrected chi connectivity index (χ4v) is 2.69. The lowest BCUT2D eigenvalue weighted by Gasteiger charge is -2.32. The van der Waals surface area contributed by atoms with Crippen molar-refractivity contribution >= 4 is 5.95 Å². The molecule has 1 saturated heterocycles. The number of nitrogens with one attached hydrogen (secondary N) is 1. The molecule has 0 bridgehead atoms. The molecule has 0 amide bonds. The van der Waals surface area contributed by atoms with Crippen LogP contribution in [0, 0.1) is 6.92 Å². The van der Waals surface area contributed by atoms with Gasteiger partial charge in [-0.05, 0) is 39.8 Å². The van der Waals surface area contributed by atoms with Crippen LogP contribution in [0.15, 0.2) is 18.9 Å². The van der Waals surface area contributed by atoms with Crippen molar-refractivity contribution < 1.29 is 0 Å². The number of imidazole rings is 1. The topological polar surface area (TPSA) is 33.1 Å². The molecule has 2 heterocycles. The van der Waals surface area contributed by atoms with Crippen LogP contribution < -0.4 is 5.32 Å². The van der Waals surface area contributed by atoms with Crippen LogP contribution in [0.4, 0.5) is 5.95 Å². The van der Waals surface area contributed by atoms with E-state index in [2.05, 4.69) is 39.5 Å². The number of rotatable bonds is 6. The SMILES string of the molecule is C=CCn1cc(C)nc1NCC(C)N1CCCCC1. The summed E-state index contributed by atoms with van der Waals surface area (Å²) in [5, 5.41) is 3.48. The fraction of sp³-hybridized carbons (Fsp3) is 0.667. The molecule has 4 nitrogen and oxygen atoms in total. The van der Waals surface area contributed by atoms with Gasteiger partial charge in [0.25, 0.3) is 0 Å². The number of piperidine rings is 1. The van der Waals surface area contributed by atoms with E-state index in [0.717, 1.165) is 24.7 Å². The lowest BCUT2D eigenvalue weighted by molar-refractivity contribution is 0.180. The number of aryl methyl sites for hydroxylation is 1. The zero-order valence-corrected chi connectivity index (χ0v) is 12.2. The van der Waals surface area contributed by atoms with Crippen molar-refractivity contribution in [3.05, 3.63) is 24.5 Å². The van der Waals surface area contributed by atoms with Crippen LogP contribution in [0.1, 0.15) is 31.9 Å². The van der Waals surface area contributed by atoms with Crippen molar-refractivity contribution in [3.8, 4) is 0 Å². The van der Waals surface area contributed by atoms with E-state index < -0.39 is 0 Å². The van der Waals surface area contributed by atoms with Gasteiger partial charge in [0.2, 0.25) is 5.95 Å². The second kappa shape index (κ2) is 6.75. The predicted molar refractivity (Wildman–Crippen MR) is 80.5 cm³/mol. The zero-order valence-electron chi connectivity index (χ0n) is 12.2. The zero-order chi connectivity index (χ0) is 13.7. The van der Waals surface area contributed by atoms with Gasteiger partial charge in [-0.3, -0.25) is 4.90 Å². The van der Waals surface area contributed by atoms with Crippen molar-refractivity contribution in [2.75, 3.05) is 25.0 Å². The first-order valence-electron chi connectivity index (χ1n) is 7.33. The number of hydrogen-bond acceptors (Lipinski definition) is 3. The van der Waals surface area contributed by atoms with Crippen LogP contribution in [-0.4, -0.2) is 40.1 Å². The van der Waals surface area contributed by atoms with Gasteiger partial charge >= 0.3 is 0 Å². The van der Waals surface area contributed by atoms with Gasteiger partial charge in [-0.25, -0.2) is 4.98 Å². The Hall–Kier alpha value is -1.29. The monoisotopic (exact) mass is 262 g/mol. The third-order valence-electron chi connectivity index (χ3n) is 3.79. The molecule has 1 aromatic heterocycles. The molecular formula is C15H26N4. The number of hydrogen-bond donors (Lipinski definition) is 1. The minimum Gasteiger partial charge on any atom is -0.354 e. The quantitative estimate of drug-likeness (QED) is 0.800. The van der Waals surface area contributed by atoms with E-state index in [0.29, 0.717) is 6.04 Å². The molecule has 0 aromatic carbocycles. The highest BCUT2D eigenvalue weighted by Crippen LogP contribution is 2.13. The molecule has 1 aliphatic heterocycles. The Labute approximate surface area is 116 Å². The summed E-state index contributed by atoms with van der Waals surface area (Å²) >= 11 is 0. The van der Waals surface area contributed by atoms with E-state index in [-0.39, 0.29) is 0 Å². The van der Waals surface area contributed by atoms with Gasteiger partial charge in [-0.15, -0.1) is 6.58 Å². The third kappa shape index (κ3) is 3.83. The standard InChI is InChI=1S/C15H26N4/c1-4-8-19-12-13(2)17-15(19)16-11-14(3)18-9-6-5-7-10-18/h4,12,14H,1,5-11H2,2-3H3,(H,16,17). The molecule has 1 aliphatic rings. The first-order chi connectivity index (χ1) is 9.20. The Bertz CT molecular complexity index is 404.